The zero-order valence-electron chi connectivity index (χ0n) is 7.11. The average molecular weight is 241 g/mol. The van der Waals surface area contributed by atoms with Crippen molar-refractivity contribution in [3.05, 3.63) is 23.8 Å². The Kier molecular flexibility index (Phi) is 2.52. The summed E-state index contributed by atoms with van der Waals surface area (Å²) in [5.74, 6) is -0.806. The number of amides is 1. The van der Waals surface area contributed by atoms with Crippen LogP contribution < -0.4 is 0 Å². The second kappa shape index (κ2) is 3.83. The van der Waals surface area contributed by atoms with Crippen molar-refractivity contribution in [3.63, 3.8) is 0 Å². The Bertz CT molecular complexity index is 651. The number of carbonyl (C=O) groups is 1. The highest BCUT2D eigenvalue weighted by Crippen LogP contribution is 2.20. The number of aromatic nitrogens is 2. The second-order valence-electron chi connectivity index (χ2n) is 2.54. The van der Waals surface area contributed by atoms with E-state index in [1.54, 1.807) is 12.1 Å². The van der Waals surface area contributed by atoms with Crippen LogP contribution in [0.5, 0.6) is 0 Å². The SMILES string of the molecule is O=C(N=S(=O)=O)c1cccc2nnsc12. The van der Waals surface area contributed by atoms with Crippen molar-refractivity contribution in [2.24, 2.45) is 4.36 Å². The van der Waals surface area contributed by atoms with E-state index >= 15 is 0 Å². The van der Waals surface area contributed by atoms with Gasteiger partial charge in [0.1, 0.15) is 5.52 Å². The number of nitrogens with zero attached hydrogens (tertiary/aromatic N) is 3. The zero-order valence-corrected chi connectivity index (χ0v) is 8.75. The van der Waals surface area contributed by atoms with Gasteiger partial charge in [-0.05, 0) is 23.7 Å². The lowest BCUT2D eigenvalue weighted by molar-refractivity contribution is 0.101. The number of benzene rings is 1. The van der Waals surface area contributed by atoms with E-state index in [1.807, 2.05) is 0 Å². The van der Waals surface area contributed by atoms with Gasteiger partial charge >= 0.3 is 10.5 Å². The Balaban J connectivity index is 2.66. The molecule has 1 heterocycles. The Hall–Kier alpha value is -1.67. The van der Waals surface area contributed by atoms with E-state index in [2.05, 4.69) is 13.9 Å². The summed E-state index contributed by atoms with van der Waals surface area (Å²) >= 11 is 1.03. The predicted molar refractivity (Wildman–Crippen MR) is 53.1 cm³/mol. The van der Waals surface area contributed by atoms with E-state index in [1.165, 1.54) is 6.07 Å². The van der Waals surface area contributed by atoms with Crippen LogP contribution in [0, 0.1) is 0 Å². The summed E-state index contributed by atoms with van der Waals surface area (Å²) in [5.41, 5.74) is 0.754. The Morgan fingerprint density at radius 2 is 2.20 bits per heavy atom. The molecule has 0 fully saturated rings. The van der Waals surface area contributed by atoms with Crippen molar-refractivity contribution >= 4 is 38.2 Å². The van der Waals surface area contributed by atoms with Gasteiger partial charge in [-0.15, -0.1) is 5.10 Å². The molecule has 15 heavy (non-hydrogen) atoms. The van der Waals surface area contributed by atoms with Gasteiger partial charge in [-0.1, -0.05) is 14.9 Å². The van der Waals surface area contributed by atoms with E-state index in [0.29, 0.717) is 10.2 Å². The molecule has 0 aliphatic heterocycles. The van der Waals surface area contributed by atoms with E-state index in [9.17, 15) is 13.2 Å². The molecular weight excluding hydrogens is 238 g/mol. The van der Waals surface area contributed by atoms with E-state index in [0.717, 1.165) is 11.5 Å². The molecule has 2 aromatic rings. The molecule has 6 nitrogen and oxygen atoms in total. The van der Waals surface area contributed by atoms with Crippen molar-refractivity contribution in [2.75, 3.05) is 0 Å². The maximum Gasteiger partial charge on any atom is 0.319 e. The summed E-state index contributed by atoms with van der Waals surface area (Å²) in [4.78, 5) is 11.4. The van der Waals surface area contributed by atoms with Gasteiger partial charge in [0.2, 0.25) is 0 Å². The van der Waals surface area contributed by atoms with Gasteiger partial charge in [-0.25, -0.2) is 0 Å². The number of carbonyl (C=O) groups excluding carboxylic acids is 1. The zero-order chi connectivity index (χ0) is 10.8. The normalized spacial score (nSPS) is 10.1. The minimum atomic E-state index is -2.74. The Morgan fingerprint density at radius 1 is 1.40 bits per heavy atom. The summed E-state index contributed by atoms with van der Waals surface area (Å²) in [6, 6.07) is 4.77. The van der Waals surface area contributed by atoms with Crippen molar-refractivity contribution < 1.29 is 13.2 Å². The fourth-order valence-corrected chi connectivity index (χ4v) is 1.99. The fourth-order valence-electron chi connectivity index (χ4n) is 1.09. The largest absolute Gasteiger partial charge is 0.319 e. The first-order valence-corrected chi connectivity index (χ1v) is 5.55. The molecule has 0 aliphatic carbocycles. The molecule has 0 spiro atoms. The van der Waals surface area contributed by atoms with E-state index in [4.69, 9.17) is 0 Å². The standard InChI is InChI=1S/C7H3N3O3S2/c11-7(9-15(12)13)4-2-1-3-5-6(4)14-10-8-5/h1-3H. The first-order chi connectivity index (χ1) is 7.18. The third kappa shape index (κ3) is 1.90. The highest BCUT2D eigenvalue weighted by Gasteiger charge is 2.11. The van der Waals surface area contributed by atoms with E-state index in [-0.39, 0.29) is 5.56 Å². The monoisotopic (exact) mass is 241 g/mol. The van der Waals surface area contributed by atoms with Crippen LogP contribution in [0.15, 0.2) is 22.6 Å². The van der Waals surface area contributed by atoms with Crippen molar-refractivity contribution in [1.29, 1.82) is 0 Å². The molecule has 1 amide bonds. The molecule has 76 valence electrons. The first kappa shape index (κ1) is 9.87. The van der Waals surface area contributed by atoms with Crippen LogP contribution in [0.3, 0.4) is 0 Å². The smallest absolute Gasteiger partial charge is 0.266 e. The topological polar surface area (TPSA) is 89.4 Å². The first-order valence-electron chi connectivity index (χ1n) is 3.75. The second-order valence-corrected chi connectivity index (χ2v) is 3.91. The molecule has 8 heteroatoms. The molecule has 2 rings (SSSR count). The minimum Gasteiger partial charge on any atom is -0.266 e. The molecule has 1 aromatic heterocycles. The number of fused-ring (bicyclic) bond motifs is 1. The predicted octanol–water partition coefficient (Wildman–Crippen LogP) is 0.894. The van der Waals surface area contributed by atoms with Gasteiger partial charge in [0.25, 0.3) is 5.91 Å². The van der Waals surface area contributed by atoms with Gasteiger partial charge in [-0.3, -0.25) is 4.79 Å². The van der Waals surface area contributed by atoms with Gasteiger partial charge in [0.15, 0.2) is 0 Å². The van der Waals surface area contributed by atoms with Gasteiger partial charge < -0.3 is 0 Å². The molecule has 1 aromatic carbocycles. The van der Waals surface area contributed by atoms with Crippen LogP contribution in [-0.2, 0) is 10.5 Å². The average Bonchev–Trinajstić information content (AvgIpc) is 2.63. The lowest BCUT2D eigenvalue weighted by Crippen LogP contribution is -1.93. The van der Waals surface area contributed by atoms with E-state index < -0.39 is 16.4 Å². The fraction of sp³-hybridized carbons (Fsp3) is 0. The summed E-state index contributed by atoms with van der Waals surface area (Å²) in [6.07, 6.45) is 0. The summed E-state index contributed by atoms with van der Waals surface area (Å²) in [5, 5.41) is 3.76. The van der Waals surface area contributed by atoms with Gasteiger partial charge in [0.05, 0.1) is 10.3 Å². The Labute approximate surface area is 89.4 Å². The lowest BCUT2D eigenvalue weighted by Gasteiger charge is -1.92. The highest BCUT2D eigenvalue weighted by atomic mass is 32.2. The van der Waals surface area contributed by atoms with Crippen LogP contribution in [0.25, 0.3) is 10.2 Å². The van der Waals surface area contributed by atoms with Crippen molar-refractivity contribution in [2.45, 2.75) is 0 Å². The molecule has 0 saturated carbocycles. The quantitative estimate of drug-likeness (QED) is 0.739. The molecule has 0 saturated heterocycles. The maximum atomic E-state index is 11.4. The number of rotatable bonds is 1. The minimum absolute atomic E-state index is 0.201. The third-order valence-corrected chi connectivity index (χ3v) is 2.75. The van der Waals surface area contributed by atoms with Crippen LogP contribution in [0.1, 0.15) is 10.4 Å². The molecule has 0 N–H and O–H groups in total. The van der Waals surface area contributed by atoms with Crippen LogP contribution in [-0.4, -0.2) is 23.9 Å². The summed E-state index contributed by atoms with van der Waals surface area (Å²) < 4.78 is 27.6. The molecule has 0 radical (unpaired) electrons. The van der Waals surface area contributed by atoms with Crippen LogP contribution >= 0.6 is 11.5 Å². The summed E-state index contributed by atoms with van der Waals surface area (Å²) in [7, 11) is -2.74. The third-order valence-electron chi connectivity index (χ3n) is 1.66. The van der Waals surface area contributed by atoms with Crippen LogP contribution in [0.2, 0.25) is 0 Å². The maximum absolute atomic E-state index is 11.4. The molecule has 0 aliphatic rings. The van der Waals surface area contributed by atoms with Gasteiger partial charge in [0, 0.05) is 0 Å². The highest BCUT2D eigenvalue weighted by molar-refractivity contribution is 7.62. The lowest BCUT2D eigenvalue weighted by atomic mass is 10.2. The van der Waals surface area contributed by atoms with Crippen LogP contribution in [0.4, 0.5) is 0 Å². The molecular formula is C7H3N3O3S2. The Morgan fingerprint density at radius 3 is 2.93 bits per heavy atom. The number of hydrogen-bond acceptors (Lipinski definition) is 6. The van der Waals surface area contributed by atoms with Crippen molar-refractivity contribution in [3.8, 4) is 0 Å². The molecule has 0 bridgehead atoms. The molecule has 0 atom stereocenters. The van der Waals surface area contributed by atoms with Gasteiger partial charge in [-0.2, -0.15) is 8.42 Å². The number of hydrogen-bond donors (Lipinski definition) is 0. The molecule has 0 unspecified atom stereocenters. The van der Waals surface area contributed by atoms with Crippen molar-refractivity contribution in [1.82, 2.24) is 9.59 Å². The summed E-state index contributed by atoms with van der Waals surface area (Å²) in [6.45, 7) is 0.